The Hall–Kier alpha value is -0.400. The van der Waals surface area contributed by atoms with Crippen LogP contribution in [0.2, 0.25) is 0 Å². The topological polar surface area (TPSA) is 64.0 Å². The van der Waals surface area contributed by atoms with Crippen LogP contribution in [0.4, 0.5) is 0 Å². The van der Waals surface area contributed by atoms with Crippen LogP contribution in [0.15, 0.2) is 17.6 Å². The van der Waals surface area contributed by atoms with Crippen LogP contribution < -0.4 is 4.72 Å². The monoisotopic (exact) mass is 309 g/mol. The highest BCUT2D eigenvalue weighted by atomic mass is 79.9. The lowest BCUT2D eigenvalue weighted by Gasteiger charge is -2.22. The zero-order valence-electron chi connectivity index (χ0n) is 9.57. The van der Waals surface area contributed by atoms with Crippen molar-refractivity contribution in [2.75, 3.05) is 5.33 Å². The minimum Gasteiger partial charge on any atom is -0.336 e. The predicted molar refractivity (Wildman–Crippen MR) is 66.1 cm³/mol. The summed E-state index contributed by atoms with van der Waals surface area (Å²) in [4.78, 5) is 3.87. The SMILES string of the molecule is CCn1cnc(S(=O)(=O)NC(C)(C)CBr)c1. The van der Waals surface area contributed by atoms with Gasteiger partial charge in [-0.1, -0.05) is 15.9 Å². The fourth-order valence-electron chi connectivity index (χ4n) is 1.09. The van der Waals surface area contributed by atoms with Gasteiger partial charge in [-0.05, 0) is 20.8 Å². The Morgan fingerprint density at radius 2 is 2.19 bits per heavy atom. The van der Waals surface area contributed by atoms with Crippen LogP contribution in [-0.4, -0.2) is 28.8 Å². The van der Waals surface area contributed by atoms with Crippen LogP contribution in [0, 0.1) is 0 Å². The number of hydrogen-bond acceptors (Lipinski definition) is 3. The molecule has 0 unspecified atom stereocenters. The number of nitrogens with zero attached hydrogens (tertiary/aromatic N) is 2. The summed E-state index contributed by atoms with van der Waals surface area (Å²) in [5.74, 6) is 0. The first-order valence-electron chi connectivity index (χ1n) is 4.92. The smallest absolute Gasteiger partial charge is 0.260 e. The Morgan fingerprint density at radius 1 is 1.56 bits per heavy atom. The molecule has 0 atom stereocenters. The minimum atomic E-state index is -3.53. The Kier molecular flexibility index (Phi) is 4.14. The molecular weight excluding hydrogens is 294 g/mol. The van der Waals surface area contributed by atoms with E-state index in [-0.39, 0.29) is 5.03 Å². The van der Waals surface area contributed by atoms with Crippen molar-refractivity contribution < 1.29 is 8.42 Å². The van der Waals surface area contributed by atoms with Crippen molar-refractivity contribution in [3.8, 4) is 0 Å². The summed E-state index contributed by atoms with van der Waals surface area (Å²) >= 11 is 3.26. The van der Waals surface area contributed by atoms with Gasteiger partial charge in [-0.3, -0.25) is 0 Å². The molecule has 0 fully saturated rings. The van der Waals surface area contributed by atoms with Gasteiger partial charge in [-0.2, -0.15) is 0 Å². The van der Waals surface area contributed by atoms with Crippen molar-refractivity contribution in [2.45, 2.75) is 37.9 Å². The average Bonchev–Trinajstić information content (AvgIpc) is 2.65. The number of alkyl halides is 1. The van der Waals surface area contributed by atoms with Crippen LogP contribution in [0.3, 0.4) is 0 Å². The molecule has 0 saturated heterocycles. The van der Waals surface area contributed by atoms with Crippen LogP contribution in [0.25, 0.3) is 0 Å². The standard InChI is InChI=1S/C9H16BrN3O2S/c1-4-13-5-8(11-7-13)16(14,15)12-9(2,3)6-10/h5,7,12H,4,6H2,1-3H3. The van der Waals surface area contributed by atoms with Gasteiger partial charge in [-0.15, -0.1) is 0 Å². The summed E-state index contributed by atoms with van der Waals surface area (Å²) in [6.45, 7) is 6.23. The third-order valence-corrected chi connectivity index (χ3v) is 4.98. The molecule has 1 aromatic heterocycles. The number of hydrogen-bond donors (Lipinski definition) is 1. The van der Waals surface area contributed by atoms with Gasteiger partial charge in [-0.25, -0.2) is 18.1 Å². The second-order valence-corrected chi connectivity index (χ2v) is 6.36. The Labute approximate surface area is 104 Å². The van der Waals surface area contributed by atoms with Gasteiger partial charge in [0.15, 0.2) is 5.03 Å². The van der Waals surface area contributed by atoms with Gasteiger partial charge in [0.05, 0.1) is 6.33 Å². The summed E-state index contributed by atoms with van der Waals surface area (Å²) in [6.07, 6.45) is 3.03. The Morgan fingerprint density at radius 3 is 2.62 bits per heavy atom. The van der Waals surface area contributed by atoms with E-state index in [0.29, 0.717) is 11.9 Å². The normalized spacial score (nSPS) is 13.0. The maximum absolute atomic E-state index is 11.9. The molecule has 0 saturated carbocycles. The van der Waals surface area contributed by atoms with Crippen molar-refractivity contribution in [3.63, 3.8) is 0 Å². The van der Waals surface area contributed by atoms with Crippen LogP contribution in [0.5, 0.6) is 0 Å². The van der Waals surface area contributed by atoms with Crippen LogP contribution in [-0.2, 0) is 16.6 Å². The van der Waals surface area contributed by atoms with Crippen molar-refractivity contribution in [1.82, 2.24) is 14.3 Å². The van der Waals surface area contributed by atoms with Gasteiger partial charge in [0, 0.05) is 23.6 Å². The fourth-order valence-corrected chi connectivity index (χ4v) is 2.78. The van der Waals surface area contributed by atoms with E-state index in [1.165, 1.54) is 12.5 Å². The highest BCUT2D eigenvalue weighted by molar-refractivity contribution is 9.09. The van der Waals surface area contributed by atoms with Crippen LogP contribution >= 0.6 is 15.9 Å². The molecule has 0 radical (unpaired) electrons. The van der Waals surface area contributed by atoms with E-state index in [0.717, 1.165) is 0 Å². The van der Waals surface area contributed by atoms with Gasteiger partial charge < -0.3 is 4.57 Å². The molecule has 0 aliphatic rings. The third kappa shape index (κ3) is 3.29. The first-order chi connectivity index (χ1) is 7.30. The molecule has 92 valence electrons. The van der Waals surface area contributed by atoms with Crippen molar-refractivity contribution in [2.24, 2.45) is 0 Å². The first-order valence-corrected chi connectivity index (χ1v) is 7.53. The van der Waals surface area contributed by atoms with Crippen molar-refractivity contribution in [3.05, 3.63) is 12.5 Å². The molecule has 0 aromatic carbocycles. The quantitative estimate of drug-likeness (QED) is 0.835. The fraction of sp³-hybridized carbons (Fsp3) is 0.667. The number of aromatic nitrogens is 2. The molecule has 16 heavy (non-hydrogen) atoms. The van der Waals surface area contributed by atoms with Gasteiger partial charge in [0.2, 0.25) is 0 Å². The molecule has 0 aliphatic carbocycles. The zero-order valence-corrected chi connectivity index (χ0v) is 12.0. The second-order valence-electron chi connectivity index (χ2n) is 4.17. The summed E-state index contributed by atoms with van der Waals surface area (Å²) in [5.41, 5.74) is -0.533. The molecule has 5 nitrogen and oxygen atoms in total. The van der Waals surface area contributed by atoms with Crippen LogP contribution in [0.1, 0.15) is 20.8 Å². The predicted octanol–water partition coefficient (Wildman–Crippen LogP) is 1.35. The van der Waals surface area contributed by atoms with Crippen molar-refractivity contribution in [1.29, 1.82) is 0 Å². The number of sulfonamides is 1. The number of aryl methyl sites for hydroxylation is 1. The molecular formula is C9H16BrN3O2S. The molecule has 7 heteroatoms. The van der Waals surface area contributed by atoms with E-state index < -0.39 is 15.6 Å². The first kappa shape index (κ1) is 13.7. The summed E-state index contributed by atoms with van der Waals surface area (Å²) < 4.78 is 28.2. The number of nitrogens with one attached hydrogen (secondary N) is 1. The molecule has 0 bridgehead atoms. The molecule has 1 rings (SSSR count). The molecule has 1 aromatic rings. The minimum absolute atomic E-state index is 0.0587. The summed E-state index contributed by atoms with van der Waals surface area (Å²) in [6, 6.07) is 0. The zero-order chi connectivity index (χ0) is 12.4. The van der Waals surface area contributed by atoms with E-state index in [4.69, 9.17) is 0 Å². The second kappa shape index (κ2) is 4.85. The number of halogens is 1. The lowest BCUT2D eigenvalue weighted by Crippen LogP contribution is -2.44. The van der Waals surface area contributed by atoms with E-state index in [1.807, 2.05) is 6.92 Å². The Bertz CT molecular complexity index is 453. The van der Waals surface area contributed by atoms with E-state index in [2.05, 4.69) is 25.6 Å². The molecule has 0 amide bonds. The lowest BCUT2D eigenvalue weighted by atomic mass is 10.1. The highest BCUT2D eigenvalue weighted by Crippen LogP contribution is 2.13. The molecule has 0 spiro atoms. The summed E-state index contributed by atoms with van der Waals surface area (Å²) in [5, 5.41) is 0.594. The molecule has 1 heterocycles. The van der Waals surface area contributed by atoms with E-state index >= 15 is 0 Å². The number of rotatable bonds is 5. The van der Waals surface area contributed by atoms with E-state index in [1.54, 1.807) is 18.4 Å². The average molecular weight is 310 g/mol. The highest BCUT2D eigenvalue weighted by Gasteiger charge is 2.26. The summed E-state index contributed by atoms with van der Waals surface area (Å²) in [7, 11) is -3.53. The third-order valence-electron chi connectivity index (χ3n) is 1.99. The maximum Gasteiger partial charge on any atom is 0.260 e. The van der Waals surface area contributed by atoms with Crippen molar-refractivity contribution >= 4 is 26.0 Å². The van der Waals surface area contributed by atoms with Gasteiger partial charge in [0.1, 0.15) is 0 Å². The maximum atomic E-state index is 11.9. The van der Waals surface area contributed by atoms with E-state index in [9.17, 15) is 8.42 Å². The lowest BCUT2D eigenvalue weighted by molar-refractivity contribution is 0.498. The molecule has 0 aliphatic heterocycles. The van der Waals surface area contributed by atoms with Gasteiger partial charge in [0.25, 0.3) is 10.0 Å². The largest absolute Gasteiger partial charge is 0.336 e. The Balaban J connectivity index is 2.94. The molecule has 1 N–H and O–H groups in total. The number of imidazole rings is 1. The van der Waals surface area contributed by atoms with Gasteiger partial charge >= 0.3 is 0 Å².